The maximum atomic E-state index is 13.0. The molecule has 34 heteroatoms. The fourth-order valence-corrected chi connectivity index (χ4v) is 7.05. The highest BCUT2D eigenvalue weighted by Gasteiger charge is 2.41. The monoisotopic (exact) mass is 1370 g/mol. The molecule has 0 spiro atoms. The molecular weight excluding hydrogens is 1260 g/mol. The maximum absolute atomic E-state index is 13.0. The fraction of sp³-hybridized carbons (Fsp3) is 0.831. The summed E-state index contributed by atoms with van der Waals surface area (Å²) in [7, 11) is -2.41. The van der Waals surface area contributed by atoms with Crippen LogP contribution in [0.15, 0.2) is 0 Å². The Kier molecular flexibility index (Phi) is 58.1. The van der Waals surface area contributed by atoms with Gasteiger partial charge >= 0.3 is 67.5 Å². The van der Waals surface area contributed by atoms with Crippen LogP contribution in [0.3, 0.4) is 0 Å². The number of hydrogen-bond acceptors (Lipinski definition) is 27. The van der Waals surface area contributed by atoms with Crippen LogP contribution in [0.25, 0.3) is 0 Å². The van der Waals surface area contributed by atoms with Crippen molar-refractivity contribution in [1.82, 2.24) is 10.6 Å². The third-order valence-electron chi connectivity index (χ3n) is 12.4. The van der Waals surface area contributed by atoms with Gasteiger partial charge in [0.25, 0.3) is 0 Å². The second-order valence-corrected chi connectivity index (χ2v) is 26.8. The molecular formula is C59H110BF3N2O27Si. The number of hydrogen-bond donors (Lipinski definition) is 3. The quantitative estimate of drug-likeness (QED) is 0.0250. The molecule has 93 heavy (non-hydrogen) atoms. The topological polar surface area (TPSA) is 363 Å². The molecule has 0 fully saturated rings. The molecule has 0 heterocycles. The van der Waals surface area contributed by atoms with Gasteiger partial charge in [-0.2, -0.15) is 0 Å². The van der Waals surface area contributed by atoms with Gasteiger partial charge in [-0.3, -0.25) is 32.1 Å². The van der Waals surface area contributed by atoms with Crippen molar-refractivity contribution < 1.29 is 141 Å². The van der Waals surface area contributed by atoms with Gasteiger partial charge in [-0.15, -0.1) is 0 Å². The number of nitrogens with one attached hydrogen (secondary N) is 2. The zero-order chi connectivity index (χ0) is 71.4. The molecule has 0 bridgehead atoms. The molecule has 3 N–H and O–H groups in total. The fourth-order valence-electron chi connectivity index (χ4n) is 5.97. The Hall–Kier alpha value is -5.91. The van der Waals surface area contributed by atoms with E-state index in [4.69, 9.17) is 80.6 Å². The molecule has 0 rings (SSSR count). The summed E-state index contributed by atoms with van der Waals surface area (Å²) in [5, 5.41) is 14.1. The van der Waals surface area contributed by atoms with Gasteiger partial charge in [0.2, 0.25) is 0 Å². The minimum Gasteiger partial charge on any atom is -0.463 e. The van der Waals surface area contributed by atoms with Crippen LogP contribution in [-0.4, -0.2) is 238 Å². The van der Waals surface area contributed by atoms with Crippen LogP contribution in [0.5, 0.6) is 0 Å². The van der Waals surface area contributed by atoms with Crippen LogP contribution in [0.1, 0.15) is 136 Å². The zero-order valence-corrected chi connectivity index (χ0v) is 58.1. The lowest BCUT2D eigenvalue weighted by Crippen LogP contribution is -2.43. The Balaban J connectivity index is -0.000000489. The van der Waals surface area contributed by atoms with Gasteiger partial charge in [0.05, 0.1) is 39.6 Å². The molecule has 0 aliphatic heterocycles. The first kappa shape index (κ1) is 95.8. The van der Waals surface area contributed by atoms with Crippen LogP contribution in [0, 0.1) is 10.8 Å². The summed E-state index contributed by atoms with van der Waals surface area (Å²) < 4.78 is 111. The molecule has 29 nitrogen and oxygen atoms in total. The van der Waals surface area contributed by atoms with Crippen molar-refractivity contribution in [1.29, 1.82) is 0 Å². The second-order valence-electron chi connectivity index (χ2n) is 22.0. The van der Waals surface area contributed by atoms with E-state index in [1.807, 2.05) is 13.8 Å². The molecule has 0 aromatic rings. The summed E-state index contributed by atoms with van der Waals surface area (Å²) in [6.07, 6.45) is -2.37. The number of aliphatic hydroxyl groups excluding tert-OH is 1. The van der Waals surface area contributed by atoms with E-state index in [0.29, 0.717) is 71.8 Å². The molecule has 0 radical (unpaired) electrons. The van der Waals surface area contributed by atoms with Crippen LogP contribution >= 0.6 is 0 Å². The average molecular weight is 1380 g/mol. The van der Waals surface area contributed by atoms with Gasteiger partial charge in [-0.05, 0) is 112 Å². The van der Waals surface area contributed by atoms with Crippen LogP contribution in [-0.2, 0) is 114 Å². The molecule has 0 saturated heterocycles. The number of esters is 8. The maximum Gasteiger partial charge on any atom is 0.762 e. The van der Waals surface area contributed by atoms with E-state index in [-0.39, 0.29) is 45.5 Å². The van der Waals surface area contributed by atoms with Gasteiger partial charge in [-0.25, -0.2) is 28.8 Å². The van der Waals surface area contributed by atoms with Crippen molar-refractivity contribution in [3.63, 3.8) is 0 Å². The van der Waals surface area contributed by atoms with Gasteiger partial charge in [0.1, 0.15) is 50.5 Å². The number of rotatable bonds is 44. The Labute approximate surface area is 548 Å². The molecule has 6 atom stereocenters. The van der Waals surface area contributed by atoms with Crippen molar-refractivity contribution >= 4 is 75.8 Å². The number of halogens is 3. The number of methoxy groups -OCH3 is 2. The third kappa shape index (κ3) is 53.1. The summed E-state index contributed by atoms with van der Waals surface area (Å²) in [5.41, 5.74) is -3.18. The first-order valence-corrected chi connectivity index (χ1v) is 33.0. The number of aliphatic hydroxyl groups is 1. The van der Waals surface area contributed by atoms with Crippen LogP contribution < -0.4 is 10.6 Å². The Bertz CT molecular complexity index is 2080. The minimum atomic E-state index is -3.67. The van der Waals surface area contributed by atoms with Crippen LogP contribution in [0.2, 0.25) is 18.1 Å². The van der Waals surface area contributed by atoms with E-state index < -0.39 is 137 Å². The summed E-state index contributed by atoms with van der Waals surface area (Å²) in [6.45, 7) is 27.4. The first-order chi connectivity index (χ1) is 43.0. The largest absolute Gasteiger partial charge is 0.762 e. The average Bonchev–Trinajstić information content (AvgIpc) is 0.930. The van der Waals surface area contributed by atoms with Crippen molar-refractivity contribution in [3.8, 4) is 0 Å². The van der Waals surface area contributed by atoms with E-state index in [9.17, 15) is 60.9 Å². The van der Waals surface area contributed by atoms with Crippen molar-refractivity contribution in [2.75, 3.05) is 133 Å². The summed E-state index contributed by atoms with van der Waals surface area (Å²) in [4.78, 5) is 121. The van der Waals surface area contributed by atoms with Crippen molar-refractivity contribution in [3.05, 3.63) is 0 Å². The van der Waals surface area contributed by atoms with Crippen LogP contribution in [0.4, 0.5) is 22.5 Å². The van der Waals surface area contributed by atoms with Crippen molar-refractivity contribution in [2.24, 2.45) is 10.8 Å². The molecule has 2 unspecified atom stereocenters. The molecule has 2 amide bonds. The first-order valence-electron chi connectivity index (χ1n) is 30.1. The molecule has 0 aromatic carbocycles. The standard InChI is InChI=1S/C30H55NO13Si.C24H41NO13.C4H10O.CH4.BF3/c1-22(44-26(34)23(2)43-24(3)32)25(33)40-20-30(7,27(35)39-19-18-38-17-16-37-8)21-41-28(36)31-14-12-11-13-15-42-45(9,10)29(4,5)6;1-17(38-21(29)18(2)37-19(3)27)20(28)35-15-24(4,22(30)34-14-13-33-12-11-32-5)16-36-23(31)25-9-7-6-8-10-26;1-3-5-4-2;;2-1(3)4/h22-23H,11-21H2,1-10H3,(H,31,36);17-18,26H,6-16H2,1-5H3,(H,25,31);3-4H2,1-2H3;1H4;/t22-,23+,30?;17-,18+,24?;;;/m00.../s1. The zero-order valence-electron chi connectivity index (χ0n) is 57.1. The highest BCUT2D eigenvalue weighted by atomic mass is 28.4. The van der Waals surface area contributed by atoms with Crippen molar-refractivity contribution in [2.45, 2.75) is 179 Å². The number of ether oxygens (including phenoxy) is 15. The summed E-state index contributed by atoms with van der Waals surface area (Å²) in [5.74, 6) is -6.86. The summed E-state index contributed by atoms with van der Waals surface area (Å²) in [6, 6.07) is 0. The predicted octanol–water partition coefficient (Wildman–Crippen LogP) is 6.62. The lowest BCUT2D eigenvalue weighted by atomic mass is 9.93. The normalized spacial score (nSPS) is 13.3. The van der Waals surface area contributed by atoms with Gasteiger partial charge in [-0.1, -0.05) is 28.2 Å². The van der Waals surface area contributed by atoms with Gasteiger partial charge in [0, 0.05) is 67.6 Å². The number of amides is 2. The molecule has 0 aromatic heterocycles. The van der Waals surface area contributed by atoms with E-state index in [1.165, 1.54) is 55.8 Å². The minimum absolute atomic E-state index is 0. The number of unbranched alkanes of at least 4 members (excludes halogenated alkanes) is 4. The Morgan fingerprint density at radius 2 is 0.796 bits per heavy atom. The molecule has 0 saturated carbocycles. The second kappa shape index (κ2) is 56.4. The predicted molar refractivity (Wildman–Crippen MR) is 334 cm³/mol. The van der Waals surface area contributed by atoms with E-state index in [2.05, 4.69) is 44.5 Å². The number of alkyl carbamates (subject to hydrolysis) is 2. The molecule has 546 valence electrons. The lowest BCUT2D eigenvalue weighted by molar-refractivity contribution is -0.180. The number of carbonyl (C=O) groups excluding carboxylic acids is 10. The highest BCUT2D eigenvalue weighted by Crippen LogP contribution is 2.36. The van der Waals surface area contributed by atoms with E-state index >= 15 is 0 Å². The third-order valence-corrected chi connectivity index (χ3v) is 16.9. The lowest BCUT2D eigenvalue weighted by Gasteiger charge is -2.36. The van der Waals surface area contributed by atoms with Gasteiger partial charge < -0.3 is 91.2 Å². The van der Waals surface area contributed by atoms with E-state index in [1.54, 1.807) is 0 Å². The number of carbonyl (C=O) groups is 10. The SMILES string of the molecule is C.CCOCC.COCCOCCOC(=O)C(C)(COC(=O)NCCCCCO)COC(=O)[C@H](C)OC(=O)[C@@H](C)OC(C)=O.COCCOCCOC(=O)C(C)(COC(=O)NCCCCCO[Si](C)(C)C(C)(C)C)COC(=O)[C@H](C)OC(=O)[C@@H](C)OC(C)=O.FB(F)F. The van der Waals surface area contributed by atoms with E-state index in [0.717, 1.165) is 39.9 Å². The molecule has 0 aliphatic rings. The Morgan fingerprint density at radius 1 is 0.462 bits per heavy atom. The highest BCUT2D eigenvalue weighted by molar-refractivity contribution is 6.74. The summed E-state index contributed by atoms with van der Waals surface area (Å²) >= 11 is 0. The molecule has 0 aliphatic carbocycles. The Morgan fingerprint density at radius 3 is 1.11 bits per heavy atom. The van der Waals surface area contributed by atoms with Gasteiger partial charge in [0.15, 0.2) is 32.7 Å². The smallest absolute Gasteiger partial charge is 0.463 e.